The second-order valence-corrected chi connectivity index (χ2v) is 7.44. The van der Waals surface area contributed by atoms with Gasteiger partial charge in [0.2, 0.25) is 0 Å². The van der Waals surface area contributed by atoms with Crippen LogP contribution in [0.5, 0.6) is 0 Å². The molecule has 5 heteroatoms. The Labute approximate surface area is 170 Å². The average Bonchev–Trinajstić information content (AvgIpc) is 3.29. The molecule has 0 bridgehead atoms. The minimum absolute atomic E-state index is 0.0978. The summed E-state index contributed by atoms with van der Waals surface area (Å²) in [4.78, 5) is 17.4. The van der Waals surface area contributed by atoms with Crippen LogP contribution in [0.2, 0.25) is 0 Å². The van der Waals surface area contributed by atoms with Crippen molar-refractivity contribution in [2.75, 3.05) is 24.5 Å². The summed E-state index contributed by atoms with van der Waals surface area (Å²) in [5, 5.41) is 0. The fraction of sp³-hybridized carbons (Fsp3) is 0.292. The third-order valence-electron chi connectivity index (χ3n) is 5.51. The molecule has 29 heavy (non-hydrogen) atoms. The molecule has 0 atom stereocenters. The lowest BCUT2D eigenvalue weighted by molar-refractivity contribution is 0.0933. The molecule has 0 radical (unpaired) electrons. The highest BCUT2D eigenvalue weighted by atomic mass is 19.1. The number of likely N-dealkylation sites (tertiary alicyclic amines) is 1. The van der Waals surface area contributed by atoms with Crippen LogP contribution in [0.3, 0.4) is 0 Å². The molecule has 1 amide bonds. The molecule has 2 aromatic carbocycles. The number of hydrogen-bond donors (Lipinski definition) is 0. The molecule has 4 nitrogen and oxygen atoms in total. The van der Waals surface area contributed by atoms with Gasteiger partial charge in [0.25, 0.3) is 5.91 Å². The molecular formula is C24H25FN2O2. The highest BCUT2D eigenvalue weighted by Crippen LogP contribution is 2.26. The third-order valence-corrected chi connectivity index (χ3v) is 5.51. The fourth-order valence-electron chi connectivity index (χ4n) is 3.98. The molecule has 4 rings (SSSR count). The van der Waals surface area contributed by atoms with Crippen LogP contribution in [0.1, 0.15) is 29.0 Å². The lowest BCUT2D eigenvalue weighted by Gasteiger charge is -2.38. The number of amides is 1. The lowest BCUT2D eigenvalue weighted by Crippen LogP contribution is -2.48. The van der Waals surface area contributed by atoms with E-state index in [2.05, 4.69) is 4.90 Å². The highest BCUT2D eigenvalue weighted by Gasteiger charge is 2.30. The van der Waals surface area contributed by atoms with Crippen LogP contribution in [0.15, 0.2) is 77.4 Å². The van der Waals surface area contributed by atoms with E-state index >= 15 is 0 Å². The first-order valence-corrected chi connectivity index (χ1v) is 10.1. The summed E-state index contributed by atoms with van der Waals surface area (Å²) >= 11 is 0. The molecule has 1 aliphatic rings. The van der Waals surface area contributed by atoms with Gasteiger partial charge in [0.05, 0.1) is 6.26 Å². The SMILES string of the molecule is O=C(c1ccco1)N(c1ccccc1)C1CCN(CCc2cccc(F)c2)CC1. The van der Waals surface area contributed by atoms with Crippen molar-refractivity contribution in [1.82, 2.24) is 4.90 Å². The summed E-state index contributed by atoms with van der Waals surface area (Å²) < 4.78 is 18.7. The molecule has 0 spiro atoms. The first-order valence-electron chi connectivity index (χ1n) is 10.1. The van der Waals surface area contributed by atoms with Gasteiger partial charge in [-0.25, -0.2) is 4.39 Å². The molecule has 0 unspecified atom stereocenters. The van der Waals surface area contributed by atoms with Gasteiger partial charge in [-0.15, -0.1) is 0 Å². The number of hydrogen-bond acceptors (Lipinski definition) is 3. The van der Waals surface area contributed by atoms with Crippen LogP contribution >= 0.6 is 0 Å². The molecule has 2 heterocycles. The maximum Gasteiger partial charge on any atom is 0.294 e. The molecule has 0 N–H and O–H groups in total. The van der Waals surface area contributed by atoms with E-state index in [0.29, 0.717) is 5.76 Å². The summed E-state index contributed by atoms with van der Waals surface area (Å²) in [7, 11) is 0. The summed E-state index contributed by atoms with van der Waals surface area (Å²) in [5.41, 5.74) is 1.91. The smallest absolute Gasteiger partial charge is 0.294 e. The van der Waals surface area contributed by atoms with Crippen molar-refractivity contribution in [3.8, 4) is 0 Å². The topological polar surface area (TPSA) is 36.7 Å². The van der Waals surface area contributed by atoms with Gasteiger partial charge in [-0.05, 0) is 61.2 Å². The van der Waals surface area contributed by atoms with Gasteiger partial charge < -0.3 is 14.2 Å². The Hall–Kier alpha value is -2.92. The molecule has 3 aromatic rings. The Balaban J connectivity index is 1.41. The molecular weight excluding hydrogens is 367 g/mol. The van der Waals surface area contributed by atoms with E-state index in [1.807, 2.05) is 41.3 Å². The maximum atomic E-state index is 13.4. The van der Waals surface area contributed by atoms with Crippen LogP contribution in [0.4, 0.5) is 10.1 Å². The lowest BCUT2D eigenvalue weighted by atomic mass is 10.0. The first kappa shape index (κ1) is 19.4. The molecule has 0 saturated carbocycles. The monoisotopic (exact) mass is 392 g/mol. The second-order valence-electron chi connectivity index (χ2n) is 7.44. The van der Waals surface area contributed by atoms with Crippen LogP contribution in [0, 0.1) is 5.82 Å². The van der Waals surface area contributed by atoms with Gasteiger partial charge in [0.1, 0.15) is 5.82 Å². The largest absolute Gasteiger partial charge is 0.459 e. The van der Waals surface area contributed by atoms with E-state index in [1.54, 1.807) is 24.3 Å². The molecule has 1 aromatic heterocycles. The van der Waals surface area contributed by atoms with E-state index in [9.17, 15) is 9.18 Å². The second kappa shape index (κ2) is 9.05. The van der Waals surface area contributed by atoms with Gasteiger partial charge in [-0.1, -0.05) is 30.3 Å². The summed E-state index contributed by atoms with van der Waals surface area (Å²) in [6.45, 7) is 2.72. The predicted molar refractivity (Wildman–Crippen MR) is 112 cm³/mol. The van der Waals surface area contributed by atoms with Crippen molar-refractivity contribution in [3.63, 3.8) is 0 Å². The number of carbonyl (C=O) groups is 1. The van der Waals surface area contributed by atoms with E-state index in [4.69, 9.17) is 4.42 Å². The van der Waals surface area contributed by atoms with E-state index in [-0.39, 0.29) is 17.8 Å². The fourth-order valence-corrected chi connectivity index (χ4v) is 3.98. The zero-order valence-electron chi connectivity index (χ0n) is 16.3. The average molecular weight is 392 g/mol. The van der Waals surface area contributed by atoms with Crippen LogP contribution in [-0.2, 0) is 6.42 Å². The first-order chi connectivity index (χ1) is 14.2. The van der Waals surface area contributed by atoms with Crippen molar-refractivity contribution in [2.45, 2.75) is 25.3 Å². The van der Waals surface area contributed by atoms with Crippen molar-refractivity contribution < 1.29 is 13.6 Å². The molecule has 1 aliphatic heterocycles. The Bertz CT molecular complexity index is 919. The van der Waals surface area contributed by atoms with E-state index in [1.165, 1.54) is 12.3 Å². The Kier molecular flexibility index (Phi) is 6.06. The van der Waals surface area contributed by atoms with Gasteiger partial charge in [0.15, 0.2) is 5.76 Å². The number of rotatable bonds is 6. The van der Waals surface area contributed by atoms with Gasteiger partial charge in [-0.2, -0.15) is 0 Å². The number of furan rings is 1. The van der Waals surface area contributed by atoms with Crippen molar-refractivity contribution in [2.24, 2.45) is 0 Å². The quantitative estimate of drug-likeness (QED) is 0.606. The number of para-hydroxylation sites is 1. The van der Waals surface area contributed by atoms with Gasteiger partial charge in [0, 0.05) is 31.4 Å². The summed E-state index contributed by atoms with van der Waals surface area (Å²) in [6, 6.07) is 20.2. The number of halogens is 1. The standard InChI is InChI=1S/C24H25FN2O2/c25-20-7-4-6-19(18-20)11-14-26-15-12-22(13-16-26)27(21-8-2-1-3-9-21)24(28)23-10-5-17-29-23/h1-10,17-18,22H,11-16H2. The maximum absolute atomic E-state index is 13.4. The zero-order valence-corrected chi connectivity index (χ0v) is 16.3. The van der Waals surface area contributed by atoms with Crippen molar-refractivity contribution in [1.29, 1.82) is 0 Å². The van der Waals surface area contributed by atoms with Crippen LogP contribution in [0.25, 0.3) is 0 Å². The van der Waals surface area contributed by atoms with Gasteiger partial charge in [-0.3, -0.25) is 4.79 Å². The van der Waals surface area contributed by atoms with Crippen molar-refractivity contribution >= 4 is 11.6 Å². The predicted octanol–water partition coefficient (Wildman–Crippen LogP) is 4.77. The van der Waals surface area contributed by atoms with Crippen molar-refractivity contribution in [3.05, 3.63) is 90.1 Å². The molecule has 1 saturated heterocycles. The van der Waals surface area contributed by atoms with Crippen LogP contribution < -0.4 is 4.90 Å². The highest BCUT2D eigenvalue weighted by molar-refractivity contribution is 6.04. The minimum atomic E-state index is -0.184. The van der Waals surface area contributed by atoms with E-state index < -0.39 is 0 Å². The zero-order chi connectivity index (χ0) is 20.1. The molecule has 150 valence electrons. The summed E-state index contributed by atoms with van der Waals surface area (Å²) in [6.07, 6.45) is 4.15. The third kappa shape index (κ3) is 4.74. The Morgan fingerprint density at radius 1 is 1.03 bits per heavy atom. The Morgan fingerprint density at radius 3 is 2.52 bits per heavy atom. The molecule has 0 aliphatic carbocycles. The van der Waals surface area contributed by atoms with Gasteiger partial charge >= 0.3 is 0 Å². The summed E-state index contributed by atoms with van der Waals surface area (Å²) in [5.74, 6) is 0.0814. The number of carbonyl (C=O) groups excluding carboxylic acids is 1. The normalized spacial score (nSPS) is 15.3. The number of anilines is 1. The minimum Gasteiger partial charge on any atom is -0.459 e. The number of piperidine rings is 1. The number of benzene rings is 2. The Morgan fingerprint density at radius 2 is 1.83 bits per heavy atom. The van der Waals surface area contributed by atoms with Crippen LogP contribution in [-0.4, -0.2) is 36.5 Å². The number of nitrogens with zero attached hydrogens (tertiary/aromatic N) is 2. The molecule has 1 fully saturated rings. The van der Waals surface area contributed by atoms with E-state index in [0.717, 1.165) is 50.1 Å².